The van der Waals surface area contributed by atoms with Gasteiger partial charge in [0, 0.05) is 6.42 Å². The zero-order valence-electron chi connectivity index (χ0n) is 4.69. The molecule has 50 valence electrons. The van der Waals surface area contributed by atoms with Gasteiger partial charge >= 0.3 is 0 Å². The Kier molecular flexibility index (Phi) is 1.37. The predicted molar refractivity (Wildman–Crippen MR) is 27.0 cm³/mol. The molecule has 1 saturated heterocycles. The van der Waals surface area contributed by atoms with Gasteiger partial charge in [-0.25, -0.2) is 8.78 Å². The minimum Gasteiger partial charge on any atom is -0.296 e. The lowest BCUT2D eigenvalue weighted by Gasteiger charge is -2.02. The lowest BCUT2D eigenvalue weighted by atomic mass is 10.2. The quantitative estimate of drug-likeness (QED) is 0.521. The van der Waals surface area contributed by atoms with E-state index in [-0.39, 0.29) is 13.0 Å². The van der Waals surface area contributed by atoms with Gasteiger partial charge in [-0.1, -0.05) is 0 Å². The smallest absolute Gasteiger partial charge is 0.262 e. The molecule has 1 aliphatic heterocycles. The number of halogens is 2. The first-order chi connectivity index (χ1) is 4.14. The second kappa shape index (κ2) is 1.92. The lowest BCUT2D eigenvalue weighted by Crippen LogP contribution is -2.21. The van der Waals surface area contributed by atoms with Crippen LogP contribution in [-0.4, -0.2) is 18.5 Å². The number of hydrogen-bond donors (Lipinski definition) is 1. The highest BCUT2D eigenvalue weighted by Gasteiger charge is 2.39. The minimum atomic E-state index is -2.67. The van der Waals surface area contributed by atoms with Gasteiger partial charge in [-0.05, 0) is 0 Å². The average Bonchev–Trinajstić information content (AvgIpc) is 2.10. The van der Waals surface area contributed by atoms with Crippen molar-refractivity contribution in [1.29, 1.82) is 5.26 Å². The van der Waals surface area contributed by atoms with Crippen molar-refractivity contribution < 1.29 is 8.78 Å². The fourth-order valence-corrected chi connectivity index (χ4v) is 0.807. The van der Waals surface area contributed by atoms with Crippen molar-refractivity contribution in [1.82, 2.24) is 5.32 Å². The largest absolute Gasteiger partial charge is 0.296 e. The van der Waals surface area contributed by atoms with Crippen LogP contribution >= 0.6 is 0 Å². The molecule has 1 fully saturated rings. The third-order valence-electron chi connectivity index (χ3n) is 1.27. The SMILES string of the molecule is N#CC1CC(F)(F)CN1. The van der Waals surface area contributed by atoms with Crippen molar-refractivity contribution in [3.05, 3.63) is 0 Å². The molecular weight excluding hydrogens is 126 g/mol. The molecule has 9 heavy (non-hydrogen) atoms. The molecule has 0 aliphatic carbocycles. The predicted octanol–water partition coefficient (Wildman–Crippen LogP) is 0.507. The van der Waals surface area contributed by atoms with Crippen molar-refractivity contribution in [3.63, 3.8) is 0 Å². The van der Waals surface area contributed by atoms with Crippen LogP contribution in [0.2, 0.25) is 0 Å². The number of nitrogens with one attached hydrogen (secondary N) is 1. The molecular formula is C5H6F2N2. The van der Waals surface area contributed by atoms with Gasteiger partial charge < -0.3 is 0 Å². The molecule has 0 bridgehead atoms. The maximum absolute atomic E-state index is 12.2. The Morgan fingerprint density at radius 2 is 2.33 bits per heavy atom. The van der Waals surface area contributed by atoms with Crippen LogP contribution in [-0.2, 0) is 0 Å². The van der Waals surface area contributed by atoms with E-state index in [0.717, 1.165) is 0 Å². The molecule has 1 aliphatic rings. The topological polar surface area (TPSA) is 35.8 Å². The molecule has 1 rings (SSSR count). The molecule has 0 radical (unpaired) electrons. The molecule has 0 spiro atoms. The molecule has 1 heterocycles. The standard InChI is InChI=1S/C5H6F2N2/c6-5(7)1-4(2-8)9-3-5/h4,9H,1,3H2. The van der Waals surface area contributed by atoms with E-state index >= 15 is 0 Å². The van der Waals surface area contributed by atoms with Crippen molar-refractivity contribution >= 4 is 0 Å². The van der Waals surface area contributed by atoms with Gasteiger partial charge in [-0.3, -0.25) is 5.32 Å². The third-order valence-corrected chi connectivity index (χ3v) is 1.27. The highest BCUT2D eigenvalue weighted by atomic mass is 19.3. The Morgan fingerprint density at radius 3 is 2.56 bits per heavy atom. The van der Waals surface area contributed by atoms with Crippen LogP contribution in [0.25, 0.3) is 0 Å². The van der Waals surface area contributed by atoms with Crippen LogP contribution in [0.15, 0.2) is 0 Å². The highest BCUT2D eigenvalue weighted by molar-refractivity contribution is 4.99. The lowest BCUT2D eigenvalue weighted by molar-refractivity contribution is 0.0224. The summed E-state index contributed by atoms with van der Waals surface area (Å²) in [5.41, 5.74) is 0. The second-order valence-electron chi connectivity index (χ2n) is 2.12. The summed E-state index contributed by atoms with van der Waals surface area (Å²) in [4.78, 5) is 0. The summed E-state index contributed by atoms with van der Waals surface area (Å²) in [6.45, 7) is -0.356. The van der Waals surface area contributed by atoms with Crippen molar-refractivity contribution in [2.75, 3.05) is 6.54 Å². The van der Waals surface area contributed by atoms with E-state index in [2.05, 4.69) is 5.32 Å². The van der Waals surface area contributed by atoms with E-state index in [0.29, 0.717) is 0 Å². The summed E-state index contributed by atoms with van der Waals surface area (Å²) in [7, 11) is 0. The third kappa shape index (κ3) is 1.36. The Hall–Kier alpha value is -0.690. The van der Waals surface area contributed by atoms with Gasteiger partial charge in [0.2, 0.25) is 0 Å². The number of hydrogen-bond acceptors (Lipinski definition) is 2. The second-order valence-corrected chi connectivity index (χ2v) is 2.12. The van der Waals surface area contributed by atoms with E-state index in [9.17, 15) is 8.78 Å². The molecule has 0 aromatic rings. The van der Waals surface area contributed by atoms with Crippen LogP contribution in [0.1, 0.15) is 6.42 Å². The number of nitriles is 1. The zero-order valence-corrected chi connectivity index (χ0v) is 4.69. The normalized spacial score (nSPS) is 31.9. The van der Waals surface area contributed by atoms with Crippen LogP contribution in [0, 0.1) is 11.3 Å². The maximum atomic E-state index is 12.2. The van der Waals surface area contributed by atoms with Gasteiger partial charge in [0.1, 0.15) is 6.04 Å². The molecule has 1 atom stereocenters. The Morgan fingerprint density at radius 1 is 1.67 bits per heavy atom. The Bertz CT molecular complexity index is 150. The zero-order chi connectivity index (χ0) is 6.91. The summed E-state index contributed by atoms with van der Waals surface area (Å²) in [6.07, 6.45) is -0.344. The first kappa shape index (κ1) is 6.43. The summed E-state index contributed by atoms with van der Waals surface area (Å²) >= 11 is 0. The van der Waals surface area contributed by atoms with Crippen molar-refractivity contribution in [2.24, 2.45) is 0 Å². The summed E-state index contributed by atoms with van der Waals surface area (Å²) in [6, 6.07) is 1.08. The van der Waals surface area contributed by atoms with E-state index in [1.807, 2.05) is 0 Å². The summed E-state index contributed by atoms with van der Waals surface area (Å²) in [5.74, 6) is -2.67. The highest BCUT2D eigenvalue weighted by Crippen LogP contribution is 2.24. The first-order valence-electron chi connectivity index (χ1n) is 2.65. The van der Waals surface area contributed by atoms with E-state index in [1.54, 1.807) is 6.07 Å². The molecule has 0 aromatic carbocycles. The summed E-state index contributed by atoms with van der Waals surface area (Å²) < 4.78 is 24.3. The van der Waals surface area contributed by atoms with Gasteiger partial charge in [0.05, 0.1) is 12.6 Å². The number of rotatable bonds is 0. The summed E-state index contributed by atoms with van der Waals surface area (Å²) in [5, 5.41) is 10.5. The maximum Gasteiger partial charge on any atom is 0.262 e. The van der Waals surface area contributed by atoms with Gasteiger partial charge in [-0.2, -0.15) is 5.26 Å². The minimum absolute atomic E-state index is 0.344. The number of nitrogens with zero attached hydrogens (tertiary/aromatic N) is 1. The molecule has 0 saturated carbocycles. The van der Waals surface area contributed by atoms with Crippen LogP contribution in [0.4, 0.5) is 8.78 Å². The van der Waals surface area contributed by atoms with E-state index in [4.69, 9.17) is 5.26 Å². The average molecular weight is 132 g/mol. The van der Waals surface area contributed by atoms with Crippen LogP contribution in [0.5, 0.6) is 0 Å². The Labute approximate surface area is 51.5 Å². The van der Waals surface area contributed by atoms with Crippen LogP contribution < -0.4 is 5.32 Å². The fraction of sp³-hybridized carbons (Fsp3) is 0.800. The van der Waals surface area contributed by atoms with Crippen molar-refractivity contribution in [2.45, 2.75) is 18.4 Å². The van der Waals surface area contributed by atoms with E-state index < -0.39 is 12.0 Å². The molecule has 2 nitrogen and oxygen atoms in total. The van der Waals surface area contributed by atoms with Crippen LogP contribution in [0.3, 0.4) is 0 Å². The van der Waals surface area contributed by atoms with Gasteiger partial charge in [0.25, 0.3) is 5.92 Å². The first-order valence-corrected chi connectivity index (χ1v) is 2.65. The molecule has 0 aromatic heterocycles. The Balaban J connectivity index is 2.50. The monoisotopic (exact) mass is 132 g/mol. The van der Waals surface area contributed by atoms with Gasteiger partial charge in [0.15, 0.2) is 0 Å². The number of alkyl halides is 2. The molecule has 4 heteroatoms. The fourth-order valence-electron chi connectivity index (χ4n) is 0.807. The molecule has 1 N–H and O–H groups in total. The van der Waals surface area contributed by atoms with Crippen molar-refractivity contribution in [3.8, 4) is 6.07 Å². The molecule has 1 unspecified atom stereocenters. The molecule has 0 amide bonds. The van der Waals surface area contributed by atoms with E-state index in [1.165, 1.54) is 0 Å². The van der Waals surface area contributed by atoms with Gasteiger partial charge in [-0.15, -0.1) is 0 Å².